The third-order valence-electron chi connectivity index (χ3n) is 4.25. The van der Waals surface area contributed by atoms with Crippen molar-refractivity contribution in [3.8, 4) is 0 Å². The summed E-state index contributed by atoms with van der Waals surface area (Å²) in [5.74, 6) is 3.50. The number of aliphatic imine (C=N–C) groups is 1. The second-order valence-corrected chi connectivity index (χ2v) is 8.87. The summed E-state index contributed by atoms with van der Waals surface area (Å²) in [7, 11) is 1.93. The number of hydrogen-bond acceptors (Lipinski definition) is 6. The third-order valence-corrected chi connectivity index (χ3v) is 4.95. The number of rotatable bonds is 7. The maximum absolute atomic E-state index is 12.1. The number of thioether (sulfide) groups is 1. The molecule has 1 saturated heterocycles. The molecule has 0 bridgehead atoms. The number of halogens is 1. The zero-order chi connectivity index (χ0) is 20.7. The van der Waals surface area contributed by atoms with Crippen LogP contribution in [-0.2, 0) is 18.3 Å². The van der Waals surface area contributed by atoms with E-state index in [1.165, 1.54) is 0 Å². The molecule has 0 saturated carbocycles. The molecule has 1 amide bonds. The van der Waals surface area contributed by atoms with E-state index in [1.54, 1.807) is 4.90 Å². The van der Waals surface area contributed by atoms with Gasteiger partial charge < -0.3 is 24.8 Å². The van der Waals surface area contributed by atoms with Gasteiger partial charge in [0.15, 0.2) is 11.8 Å². The second kappa shape index (κ2) is 11.8. The van der Waals surface area contributed by atoms with Crippen molar-refractivity contribution >= 4 is 47.8 Å². The molecule has 2 N–H and O–H groups in total. The Kier molecular flexibility index (Phi) is 10.5. The molecular formula is C18H34IN7O2S. The summed E-state index contributed by atoms with van der Waals surface area (Å²) in [4.78, 5) is 18.4. The van der Waals surface area contributed by atoms with Crippen LogP contribution in [0.15, 0.2) is 4.99 Å². The molecule has 0 radical (unpaired) electrons. The Balaban J connectivity index is 0.00000420. The van der Waals surface area contributed by atoms with Gasteiger partial charge in [-0.3, -0.25) is 0 Å². The molecule has 0 unspecified atom stereocenters. The Morgan fingerprint density at radius 1 is 1.34 bits per heavy atom. The Morgan fingerprint density at radius 2 is 2.03 bits per heavy atom. The average Bonchev–Trinajstić information content (AvgIpc) is 2.88. The molecule has 1 aliphatic heterocycles. The number of carbonyl (C=O) groups excluding carboxylic acids is 1. The number of aromatic nitrogens is 3. The van der Waals surface area contributed by atoms with Gasteiger partial charge in [-0.1, -0.05) is 0 Å². The Bertz CT molecular complexity index is 684. The maximum atomic E-state index is 12.1. The molecule has 0 spiro atoms. The summed E-state index contributed by atoms with van der Waals surface area (Å²) in [5.41, 5.74) is -0.477. The lowest BCUT2D eigenvalue weighted by atomic mass is 10.1. The zero-order valence-corrected chi connectivity index (χ0v) is 21.3. The van der Waals surface area contributed by atoms with Gasteiger partial charge in [0, 0.05) is 26.7 Å². The van der Waals surface area contributed by atoms with Crippen molar-refractivity contribution < 1.29 is 9.53 Å². The van der Waals surface area contributed by atoms with Gasteiger partial charge in [-0.05, 0) is 46.1 Å². The minimum Gasteiger partial charge on any atom is -0.444 e. The van der Waals surface area contributed by atoms with Crippen molar-refractivity contribution in [2.75, 3.05) is 31.6 Å². The topological polar surface area (TPSA) is 96.7 Å². The first-order valence-electron chi connectivity index (χ1n) is 9.56. The van der Waals surface area contributed by atoms with Gasteiger partial charge in [0.05, 0.1) is 6.04 Å². The zero-order valence-electron chi connectivity index (χ0n) is 18.2. The van der Waals surface area contributed by atoms with Crippen LogP contribution in [0.2, 0.25) is 0 Å². The SMILES string of the molecule is CSCCCNC(=NCc1nnc(C)n1C)NC1CN(C(=O)OC(C)(C)C)C1.I. The molecular weight excluding hydrogens is 505 g/mol. The summed E-state index contributed by atoms with van der Waals surface area (Å²) in [6.07, 6.45) is 2.88. The number of carbonyl (C=O) groups is 1. The maximum Gasteiger partial charge on any atom is 0.410 e. The summed E-state index contributed by atoms with van der Waals surface area (Å²) >= 11 is 1.83. The fourth-order valence-corrected chi connectivity index (χ4v) is 2.99. The predicted molar refractivity (Wildman–Crippen MR) is 128 cm³/mol. The fraction of sp³-hybridized carbons (Fsp3) is 0.778. The van der Waals surface area contributed by atoms with Crippen molar-refractivity contribution in [2.24, 2.45) is 12.0 Å². The molecule has 11 heteroatoms. The van der Waals surface area contributed by atoms with Crippen LogP contribution in [-0.4, -0.2) is 75.0 Å². The largest absolute Gasteiger partial charge is 0.444 e. The highest BCUT2D eigenvalue weighted by atomic mass is 127. The monoisotopic (exact) mass is 539 g/mol. The molecule has 0 atom stereocenters. The van der Waals surface area contributed by atoms with Crippen LogP contribution < -0.4 is 10.6 Å². The van der Waals surface area contributed by atoms with Gasteiger partial charge in [-0.15, -0.1) is 34.2 Å². The summed E-state index contributed by atoms with van der Waals surface area (Å²) < 4.78 is 7.33. The molecule has 1 aromatic heterocycles. The van der Waals surface area contributed by atoms with Crippen LogP contribution in [0.4, 0.5) is 4.79 Å². The molecule has 1 fully saturated rings. The first-order chi connectivity index (χ1) is 13.2. The number of ether oxygens (including phenoxy) is 1. The van der Waals surface area contributed by atoms with E-state index in [0.717, 1.165) is 36.3 Å². The van der Waals surface area contributed by atoms with E-state index in [0.29, 0.717) is 19.6 Å². The number of likely N-dealkylation sites (tertiary alicyclic amines) is 1. The van der Waals surface area contributed by atoms with Crippen LogP contribution in [0, 0.1) is 6.92 Å². The highest BCUT2D eigenvalue weighted by molar-refractivity contribution is 14.0. The van der Waals surface area contributed by atoms with Crippen LogP contribution in [0.25, 0.3) is 0 Å². The van der Waals surface area contributed by atoms with E-state index in [9.17, 15) is 4.79 Å². The van der Waals surface area contributed by atoms with Gasteiger partial charge in [-0.2, -0.15) is 11.8 Å². The van der Waals surface area contributed by atoms with Gasteiger partial charge >= 0.3 is 6.09 Å². The Labute approximate surface area is 194 Å². The molecule has 1 aromatic rings. The molecule has 0 aliphatic carbocycles. The molecule has 2 heterocycles. The van der Waals surface area contributed by atoms with Crippen molar-refractivity contribution in [3.63, 3.8) is 0 Å². The number of guanidine groups is 1. The van der Waals surface area contributed by atoms with Gasteiger partial charge in [0.1, 0.15) is 18.0 Å². The van der Waals surface area contributed by atoms with Crippen molar-refractivity contribution in [1.29, 1.82) is 0 Å². The van der Waals surface area contributed by atoms with E-state index in [4.69, 9.17) is 4.74 Å². The first-order valence-corrected chi connectivity index (χ1v) is 11.0. The van der Waals surface area contributed by atoms with Crippen LogP contribution in [0.1, 0.15) is 38.8 Å². The highest BCUT2D eigenvalue weighted by Crippen LogP contribution is 2.15. The van der Waals surface area contributed by atoms with E-state index in [-0.39, 0.29) is 36.1 Å². The number of amides is 1. The number of hydrogen-bond donors (Lipinski definition) is 2. The molecule has 0 aromatic carbocycles. The second-order valence-electron chi connectivity index (χ2n) is 7.89. The predicted octanol–water partition coefficient (Wildman–Crippen LogP) is 2.15. The quantitative estimate of drug-likeness (QED) is 0.237. The minimum absolute atomic E-state index is 0. The summed E-state index contributed by atoms with van der Waals surface area (Å²) in [6.45, 7) is 10.0. The Hall–Kier alpha value is -1.24. The fourth-order valence-electron chi connectivity index (χ4n) is 2.55. The van der Waals surface area contributed by atoms with E-state index < -0.39 is 5.60 Å². The van der Waals surface area contributed by atoms with Crippen LogP contribution in [0.3, 0.4) is 0 Å². The third kappa shape index (κ3) is 8.57. The normalized spacial score (nSPS) is 14.8. The van der Waals surface area contributed by atoms with Crippen LogP contribution in [0.5, 0.6) is 0 Å². The first kappa shape index (κ1) is 25.8. The van der Waals surface area contributed by atoms with Crippen molar-refractivity contribution in [1.82, 2.24) is 30.3 Å². The minimum atomic E-state index is -0.477. The van der Waals surface area contributed by atoms with Crippen LogP contribution >= 0.6 is 35.7 Å². The van der Waals surface area contributed by atoms with E-state index in [2.05, 4.69) is 32.1 Å². The molecule has 9 nitrogen and oxygen atoms in total. The van der Waals surface area contributed by atoms with E-state index >= 15 is 0 Å². The Morgan fingerprint density at radius 3 is 2.59 bits per heavy atom. The number of nitrogens with zero attached hydrogens (tertiary/aromatic N) is 5. The van der Waals surface area contributed by atoms with Crippen molar-refractivity contribution in [3.05, 3.63) is 11.6 Å². The van der Waals surface area contributed by atoms with Gasteiger partial charge in [0.25, 0.3) is 0 Å². The van der Waals surface area contributed by atoms with E-state index in [1.807, 2.05) is 51.1 Å². The van der Waals surface area contributed by atoms with Crippen molar-refractivity contribution in [2.45, 2.75) is 52.3 Å². The average molecular weight is 539 g/mol. The summed E-state index contributed by atoms with van der Waals surface area (Å²) in [6, 6.07) is 0.153. The van der Waals surface area contributed by atoms with Gasteiger partial charge in [0.2, 0.25) is 0 Å². The smallest absolute Gasteiger partial charge is 0.410 e. The number of nitrogens with one attached hydrogen (secondary N) is 2. The number of aryl methyl sites for hydroxylation is 1. The molecule has 29 heavy (non-hydrogen) atoms. The molecule has 2 rings (SSSR count). The molecule has 166 valence electrons. The molecule has 1 aliphatic rings. The summed E-state index contributed by atoms with van der Waals surface area (Å²) in [5, 5.41) is 15.0. The van der Waals surface area contributed by atoms with Gasteiger partial charge in [-0.25, -0.2) is 9.79 Å². The highest BCUT2D eigenvalue weighted by Gasteiger charge is 2.34. The lowest BCUT2D eigenvalue weighted by molar-refractivity contribution is 0.00700. The lowest BCUT2D eigenvalue weighted by Gasteiger charge is -2.40. The lowest BCUT2D eigenvalue weighted by Crippen LogP contribution is -2.63. The standard InChI is InChI=1S/C18H33N7O2S.HI/c1-13-22-23-15(24(13)5)10-20-16(19-8-7-9-28-6)21-14-11-25(12-14)17(26)27-18(2,3)4;/h14H,7-12H2,1-6H3,(H2,19,20,21);1H.